The van der Waals surface area contributed by atoms with E-state index < -0.39 is 0 Å². The third kappa shape index (κ3) is 3.04. The predicted octanol–water partition coefficient (Wildman–Crippen LogP) is 4.88. The molecule has 0 saturated carbocycles. The number of furan rings is 1. The lowest BCUT2D eigenvalue weighted by Crippen LogP contribution is -2.05. The molecule has 0 aliphatic rings. The average Bonchev–Trinajstić information content (AvgIpc) is 3.11. The molecule has 0 bridgehead atoms. The lowest BCUT2D eigenvalue weighted by molar-refractivity contribution is 0.626. The van der Waals surface area contributed by atoms with Gasteiger partial charge in [0.15, 0.2) is 5.76 Å². The van der Waals surface area contributed by atoms with Gasteiger partial charge >= 0.3 is 0 Å². The van der Waals surface area contributed by atoms with Crippen molar-refractivity contribution in [2.75, 3.05) is 5.73 Å². The average molecular weight is 344 g/mol. The molecule has 0 fully saturated rings. The van der Waals surface area contributed by atoms with Crippen LogP contribution in [0, 0.1) is 0 Å². The largest absolute Gasteiger partial charge is 0.454 e. The highest BCUT2D eigenvalue weighted by atomic mass is 16.3. The maximum absolute atomic E-state index is 6.06. The lowest BCUT2D eigenvalue weighted by Gasteiger charge is -2.13. The molecule has 3 aromatic heterocycles. The van der Waals surface area contributed by atoms with Gasteiger partial charge in [0.1, 0.15) is 11.3 Å². The molecule has 3 heterocycles. The zero-order chi connectivity index (χ0) is 17.9. The summed E-state index contributed by atoms with van der Waals surface area (Å²) in [5, 5.41) is 1.05. The molecule has 0 unspecified atom stereocenters. The molecule has 0 saturated heterocycles. The first-order chi connectivity index (χ1) is 12.8. The van der Waals surface area contributed by atoms with Crippen LogP contribution in [0.2, 0.25) is 0 Å². The Labute approximate surface area is 151 Å². The monoisotopic (exact) mass is 344 g/mol. The van der Waals surface area contributed by atoms with Crippen LogP contribution in [0.25, 0.3) is 33.7 Å². The summed E-state index contributed by atoms with van der Waals surface area (Å²) in [5.74, 6) is 0.967. The maximum atomic E-state index is 6.06. The zero-order valence-electron chi connectivity index (χ0n) is 14.6. The Kier molecular flexibility index (Phi) is 4.35. The minimum atomic E-state index is 0.243. The first-order valence-electron chi connectivity index (χ1n) is 8.82. The third-order valence-electron chi connectivity index (χ3n) is 4.42. The van der Waals surface area contributed by atoms with Gasteiger partial charge in [-0.2, -0.15) is 0 Å². The highest BCUT2D eigenvalue weighted by Gasteiger charge is 2.19. The molecule has 1 aromatic carbocycles. The minimum absolute atomic E-state index is 0.243. The Balaban J connectivity index is 1.94. The summed E-state index contributed by atoms with van der Waals surface area (Å²) >= 11 is 0. The van der Waals surface area contributed by atoms with Gasteiger partial charge in [0.2, 0.25) is 5.95 Å². The second-order valence-electron chi connectivity index (χ2n) is 6.25. The highest BCUT2D eigenvalue weighted by Crippen LogP contribution is 2.34. The van der Waals surface area contributed by atoms with Crippen LogP contribution >= 0.6 is 0 Å². The quantitative estimate of drug-likeness (QED) is 0.558. The second kappa shape index (κ2) is 6.96. The number of pyridine rings is 1. The molecule has 2 N–H and O–H groups in total. The van der Waals surface area contributed by atoms with Crippen LogP contribution in [0.5, 0.6) is 0 Å². The Morgan fingerprint density at radius 2 is 1.77 bits per heavy atom. The van der Waals surface area contributed by atoms with Gasteiger partial charge in [0, 0.05) is 28.9 Å². The summed E-state index contributed by atoms with van der Waals surface area (Å²) < 4.78 is 6.06. The van der Waals surface area contributed by atoms with Crippen LogP contribution in [0.4, 0.5) is 5.95 Å². The molecular formula is C21H20N4O. The Bertz CT molecular complexity index is 1010. The van der Waals surface area contributed by atoms with Gasteiger partial charge in [-0.15, -0.1) is 0 Å². The molecular weight excluding hydrogens is 324 g/mol. The van der Waals surface area contributed by atoms with E-state index in [1.165, 1.54) is 0 Å². The molecule has 4 rings (SSSR count). The first kappa shape index (κ1) is 16.3. The van der Waals surface area contributed by atoms with Crippen LogP contribution in [-0.2, 0) is 6.42 Å². The molecule has 0 atom stereocenters. The Hall–Kier alpha value is -3.21. The molecule has 0 radical (unpaired) electrons. The van der Waals surface area contributed by atoms with Gasteiger partial charge in [0.05, 0.1) is 5.69 Å². The standard InChI is InChI=1S/C21H20N4O/c1-2-3-7-16-19(14-9-11-23-12-10-14)24-21(22)25-20(16)18-13-15-6-4-5-8-17(15)26-18/h4-6,8-13H,2-3,7H2,1H3,(H2,22,24,25). The van der Waals surface area contributed by atoms with Crippen LogP contribution in [0.3, 0.4) is 0 Å². The van der Waals surface area contributed by atoms with Crippen molar-refractivity contribution in [3.8, 4) is 22.7 Å². The zero-order valence-corrected chi connectivity index (χ0v) is 14.6. The number of para-hydroxylation sites is 1. The minimum Gasteiger partial charge on any atom is -0.454 e. The SMILES string of the molecule is CCCCc1c(-c2ccncc2)nc(N)nc1-c1cc2ccccc2o1. The van der Waals surface area contributed by atoms with E-state index >= 15 is 0 Å². The van der Waals surface area contributed by atoms with Gasteiger partial charge in [0.25, 0.3) is 0 Å². The second-order valence-corrected chi connectivity index (χ2v) is 6.25. The molecule has 0 aliphatic heterocycles. The molecule has 4 aromatic rings. The number of hydrogen-bond donors (Lipinski definition) is 1. The van der Waals surface area contributed by atoms with Crippen LogP contribution < -0.4 is 5.73 Å². The van der Waals surface area contributed by atoms with Crippen LogP contribution in [0.15, 0.2) is 59.3 Å². The van der Waals surface area contributed by atoms with E-state index in [1.54, 1.807) is 12.4 Å². The van der Waals surface area contributed by atoms with Gasteiger partial charge in [-0.25, -0.2) is 9.97 Å². The van der Waals surface area contributed by atoms with E-state index in [0.717, 1.165) is 58.5 Å². The van der Waals surface area contributed by atoms with Crippen molar-refractivity contribution < 1.29 is 4.42 Å². The molecule has 0 amide bonds. The first-order valence-corrected chi connectivity index (χ1v) is 8.82. The van der Waals surface area contributed by atoms with Gasteiger partial charge in [-0.1, -0.05) is 31.5 Å². The molecule has 5 heteroatoms. The summed E-state index contributed by atoms with van der Waals surface area (Å²) in [7, 11) is 0. The number of benzene rings is 1. The van der Waals surface area contributed by atoms with E-state index in [2.05, 4.69) is 21.9 Å². The summed E-state index contributed by atoms with van der Waals surface area (Å²) in [4.78, 5) is 13.2. The lowest BCUT2D eigenvalue weighted by atomic mass is 9.99. The van der Waals surface area contributed by atoms with Crippen molar-refractivity contribution in [3.05, 3.63) is 60.4 Å². The van der Waals surface area contributed by atoms with E-state index in [0.29, 0.717) is 0 Å². The smallest absolute Gasteiger partial charge is 0.221 e. The van der Waals surface area contributed by atoms with E-state index in [4.69, 9.17) is 10.2 Å². The summed E-state index contributed by atoms with van der Waals surface area (Å²) in [6, 6.07) is 13.9. The fraction of sp³-hybridized carbons (Fsp3) is 0.190. The van der Waals surface area contributed by atoms with Crippen molar-refractivity contribution in [2.45, 2.75) is 26.2 Å². The Morgan fingerprint density at radius 3 is 2.54 bits per heavy atom. The Morgan fingerprint density at radius 1 is 1.00 bits per heavy atom. The number of rotatable bonds is 5. The number of anilines is 1. The molecule has 5 nitrogen and oxygen atoms in total. The third-order valence-corrected chi connectivity index (χ3v) is 4.42. The highest BCUT2D eigenvalue weighted by molar-refractivity contribution is 5.84. The van der Waals surface area contributed by atoms with Crippen LogP contribution in [-0.4, -0.2) is 15.0 Å². The normalized spacial score (nSPS) is 11.1. The maximum Gasteiger partial charge on any atom is 0.221 e. The van der Waals surface area contributed by atoms with Crippen molar-refractivity contribution >= 4 is 16.9 Å². The van der Waals surface area contributed by atoms with Crippen molar-refractivity contribution in [1.29, 1.82) is 0 Å². The van der Waals surface area contributed by atoms with Crippen molar-refractivity contribution in [2.24, 2.45) is 0 Å². The fourth-order valence-corrected chi connectivity index (χ4v) is 3.14. The van der Waals surface area contributed by atoms with Crippen molar-refractivity contribution in [3.63, 3.8) is 0 Å². The number of aromatic nitrogens is 3. The summed E-state index contributed by atoms with van der Waals surface area (Å²) in [6.45, 7) is 2.17. The van der Waals surface area contributed by atoms with Gasteiger partial charge in [-0.05, 0) is 37.1 Å². The van der Waals surface area contributed by atoms with Crippen LogP contribution in [0.1, 0.15) is 25.3 Å². The number of unbranched alkanes of at least 4 members (excludes halogenated alkanes) is 1. The predicted molar refractivity (Wildman–Crippen MR) is 103 cm³/mol. The fourth-order valence-electron chi connectivity index (χ4n) is 3.14. The number of nitrogens with two attached hydrogens (primary N) is 1. The number of nitrogen functional groups attached to an aromatic ring is 1. The van der Waals surface area contributed by atoms with Gasteiger partial charge in [-0.3, -0.25) is 4.98 Å². The number of fused-ring (bicyclic) bond motifs is 1. The molecule has 26 heavy (non-hydrogen) atoms. The summed E-state index contributed by atoms with van der Waals surface area (Å²) in [6.07, 6.45) is 6.51. The number of hydrogen-bond acceptors (Lipinski definition) is 5. The van der Waals surface area contributed by atoms with Crippen molar-refractivity contribution in [1.82, 2.24) is 15.0 Å². The molecule has 130 valence electrons. The number of nitrogens with zero attached hydrogens (tertiary/aromatic N) is 3. The van der Waals surface area contributed by atoms with Gasteiger partial charge < -0.3 is 10.2 Å². The summed E-state index contributed by atoms with van der Waals surface area (Å²) in [5.41, 5.74) is 10.6. The van der Waals surface area contributed by atoms with E-state index in [-0.39, 0.29) is 5.95 Å². The van der Waals surface area contributed by atoms with E-state index in [1.807, 2.05) is 42.5 Å². The molecule has 0 aliphatic carbocycles. The molecule has 0 spiro atoms. The topological polar surface area (TPSA) is 77.8 Å². The van der Waals surface area contributed by atoms with E-state index in [9.17, 15) is 0 Å².